The summed E-state index contributed by atoms with van der Waals surface area (Å²) in [5.41, 5.74) is 7.18. The minimum Gasteiger partial charge on any atom is -0.793 e. The molecular weight excluding hydrogens is 954 g/mol. The average molecular weight is 1020 g/mol. The van der Waals surface area contributed by atoms with E-state index in [1.807, 2.05) is 26.0 Å². The Balaban J connectivity index is 0.000000287. The maximum Gasteiger partial charge on any atom is 1.00 e. The SMILES string of the molecule is C1CCNC1.CC(=O)OOC(C)=O.COCCOc1nc(C)c2c(n1)N(Cc1ccc(C=O)cc1)C(=O)C2.COCCOc1nc(C)c2c(n1)N(Cc1ccc(CN3CCCC3)cc1)C(=O)C2.[B-]OC(C)=O.[Na+]. The molecule has 0 unspecified atom stereocenters. The van der Waals surface area contributed by atoms with Crippen LogP contribution >= 0.6 is 0 Å². The Morgan fingerprint density at radius 3 is 1.36 bits per heavy atom. The second-order valence-corrected chi connectivity index (χ2v) is 16.7. The fourth-order valence-electron chi connectivity index (χ4n) is 7.35. The number of carbonyl (C=O) groups excluding carboxylic acids is 6. The van der Waals surface area contributed by atoms with E-state index in [9.17, 15) is 28.8 Å². The number of nitrogens with zero attached hydrogens (tertiary/aromatic N) is 7. The Morgan fingerprint density at radius 2 is 1.01 bits per heavy atom. The van der Waals surface area contributed by atoms with E-state index in [1.165, 1.54) is 64.3 Å². The molecule has 1 N–H and O–H groups in total. The summed E-state index contributed by atoms with van der Waals surface area (Å²) in [5, 5.41) is 3.22. The summed E-state index contributed by atoms with van der Waals surface area (Å²) in [6.45, 7) is 15.7. The molecule has 2 aromatic carbocycles. The van der Waals surface area contributed by atoms with E-state index in [2.05, 4.69) is 76.9 Å². The Labute approximate surface area is 450 Å². The van der Waals surface area contributed by atoms with Gasteiger partial charge in [-0.25, -0.2) is 29.3 Å². The minimum absolute atomic E-state index is 0. The second kappa shape index (κ2) is 33.0. The zero-order valence-electron chi connectivity index (χ0n) is 43.2. The number of nitrogens with one attached hydrogen (secondary N) is 1. The number of benzene rings is 2. The van der Waals surface area contributed by atoms with Crippen molar-refractivity contribution in [3.8, 4) is 12.0 Å². The third-order valence-electron chi connectivity index (χ3n) is 11.0. The van der Waals surface area contributed by atoms with Crippen molar-refractivity contribution in [3.05, 3.63) is 93.3 Å². The standard InChI is InChI=1S/C22H28N4O3.C18H19N3O4.C4H9N.C4H6O4.C2H3BO2.Na/c1-16-19-13-20(27)26(21(19)24-22(23-16)29-12-11-28-2)15-18-7-5-17(6-8-18)14-25-9-3-4-10-25;1-12-15-9-16(23)21(10-13-3-5-14(11-22)6-4-13)17(15)20-18(19-12)25-8-7-24-2;1-2-4-5-3-1;1-3(5)7-8-4(2)6;1-2(4)5-3;/h5-8H,3-4,9-15H2,1-2H3;3-6,11H,7-10H2,1-2H3;5H,1-4H2;1-2H3;1H3;/q;;;;-1;+1. The topological polar surface area (TPSA) is 240 Å². The first kappa shape index (κ1) is 61.4. The summed E-state index contributed by atoms with van der Waals surface area (Å²) < 4.78 is 24.6. The van der Waals surface area contributed by atoms with Crippen LogP contribution in [-0.4, -0.2) is 136 Å². The Morgan fingerprint density at radius 1 is 0.616 bits per heavy atom. The van der Waals surface area contributed by atoms with Gasteiger partial charge in [0, 0.05) is 58.2 Å². The van der Waals surface area contributed by atoms with Gasteiger partial charge in [0.15, 0.2) is 0 Å². The van der Waals surface area contributed by atoms with E-state index in [1.54, 1.807) is 36.2 Å². The van der Waals surface area contributed by atoms with Gasteiger partial charge in [0.2, 0.25) is 17.8 Å². The van der Waals surface area contributed by atoms with Gasteiger partial charge in [-0.05, 0) is 82.4 Å². The number of hydrogen-bond acceptors (Lipinski definition) is 19. The van der Waals surface area contributed by atoms with Crippen molar-refractivity contribution >= 4 is 55.7 Å². The zero-order valence-corrected chi connectivity index (χ0v) is 45.2. The first-order valence-electron chi connectivity index (χ1n) is 23.5. The van der Waals surface area contributed by atoms with Crippen molar-refractivity contribution in [2.24, 2.45) is 0 Å². The molecule has 2 fully saturated rings. The predicted octanol–water partition coefficient (Wildman–Crippen LogP) is 1.24. The summed E-state index contributed by atoms with van der Waals surface area (Å²) in [5.74, 6) is -0.473. The number of likely N-dealkylation sites (tertiary alicyclic amines) is 1. The zero-order chi connectivity index (χ0) is 52.4. The van der Waals surface area contributed by atoms with Gasteiger partial charge in [-0.15, -0.1) is 0 Å². The predicted molar refractivity (Wildman–Crippen MR) is 264 cm³/mol. The first-order chi connectivity index (χ1) is 34.6. The quantitative estimate of drug-likeness (QED) is 0.0579. The molecule has 0 bridgehead atoms. The molecule has 0 saturated carbocycles. The molecule has 23 heteroatoms. The number of anilines is 2. The molecule has 0 spiro atoms. The van der Waals surface area contributed by atoms with Crippen LogP contribution in [0.15, 0.2) is 48.5 Å². The van der Waals surface area contributed by atoms with Crippen molar-refractivity contribution in [2.75, 3.05) is 76.6 Å². The largest absolute Gasteiger partial charge is 1.00 e. The van der Waals surface area contributed by atoms with Gasteiger partial charge in [-0.1, -0.05) is 48.5 Å². The molecular formula is C50H65BN8NaO13. The van der Waals surface area contributed by atoms with Crippen LogP contribution < -0.4 is 54.1 Å². The van der Waals surface area contributed by atoms with Gasteiger partial charge < -0.3 is 37.0 Å². The molecule has 4 aromatic rings. The second-order valence-electron chi connectivity index (χ2n) is 16.7. The number of amides is 2. The van der Waals surface area contributed by atoms with Crippen LogP contribution in [0.25, 0.3) is 0 Å². The summed E-state index contributed by atoms with van der Waals surface area (Å²) in [6.07, 6.45) is 6.79. The van der Waals surface area contributed by atoms with Gasteiger partial charge in [0.25, 0.3) is 0 Å². The van der Waals surface area contributed by atoms with Crippen LogP contribution in [0, 0.1) is 13.8 Å². The Kier molecular flexibility index (Phi) is 27.8. The summed E-state index contributed by atoms with van der Waals surface area (Å²) in [4.78, 5) is 96.1. The van der Waals surface area contributed by atoms with Gasteiger partial charge >= 0.3 is 53.5 Å². The maximum absolute atomic E-state index is 12.6. The van der Waals surface area contributed by atoms with E-state index >= 15 is 0 Å². The number of carbonyl (C=O) groups is 6. The van der Waals surface area contributed by atoms with Crippen LogP contribution in [0.2, 0.25) is 0 Å². The molecule has 6 heterocycles. The molecule has 4 aliphatic heterocycles. The molecule has 2 saturated heterocycles. The maximum atomic E-state index is 12.6. The number of methoxy groups -OCH3 is 2. The van der Waals surface area contributed by atoms with Crippen molar-refractivity contribution in [1.82, 2.24) is 30.2 Å². The van der Waals surface area contributed by atoms with Crippen LogP contribution in [-0.2, 0) is 80.4 Å². The third-order valence-corrected chi connectivity index (χ3v) is 11.0. The minimum atomic E-state index is -0.639. The van der Waals surface area contributed by atoms with Crippen LogP contribution in [0.1, 0.15) is 96.0 Å². The molecule has 2 aromatic heterocycles. The van der Waals surface area contributed by atoms with Gasteiger partial charge in [-0.3, -0.25) is 33.9 Å². The van der Waals surface area contributed by atoms with Gasteiger partial charge in [0.1, 0.15) is 31.1 Å². The molecule has 0 atom stereocenters. The van der Waals surface area contributed by atoms with E-state index in [4.69, 9.17) is 18.9 Å². The van der Waals surface area contributed by atoms with Crippen LogP contribution in [0.3, 0.4) is 0 Å². The molecule has 3 radical (unpaired) electrons. The number of aromatic nitrogens is 4. The number of rotatable bonds is 15. The Bertz CT molecular complexity index is 2390. The van der Waals surface area contributed by atoms with E-state index in [0.29, 0.717) is 69.1 Å². The van der Waals surface area contributed by atoms with Gasteiger partial charge in [0.05, 0.1) is 50.5 Å². The van der Waals surface area contributed by atoms with Crippen molar-refractivity contribution in [2.45, 2.75) is 92.8 Å². The molecule has 21 nitrogen and oxygen atoms in total. The molecule has 73 heavy (non-hydrogen) atoms. The van der Waals surface area contributed by atoms with E-state index in [-0.39, 0.29) is 53.8 Å². The monoisotopic (exact) mass is 1020 g/mol. The molecule has 2 amide bonds. The number of aryl methyl sites for hydroxylation is 2. The van der Waals surface area contributed by atoms with Crippen molar-refractivity contribution in [3.63, 3.8) is 0 Å². The van der Waals surface area contributed by atoms with E-state index < -0.39 is 17.9 Å². The van der Waals surface area contributed by atoms with Crippen LogP contribution in [0.4, 0.5) is 11.6 Å². The molecule has 387 valence electrons. The fourth-order valence-corrected chi connectivity index (χ4v) is 7.35. The number of fused-ring (bicyclic) bond motifs is 2. The third kappa shape index (κ3) is 21.2. The smallest absolute Gasteiger partial charge is 0.793 e. The summed E-state index contributed by atoms with van der Waals surface area (Å²) in [6, 6.07) is 16.2. The number of hydrogen-bond donors (Lipinski definition) is 1. The molecule has 8 rings (SSSR count). The molecule has 4 aliphatic rings. The van der Waals surface area contributed by atoms with Crippen LogP contribution in [0.5, 0.6) is 12.0 Å². The normalized spacial score (nSPS) is 14.0. The Hall–Kier alpha value is -5.88. The van der Waals surface area contributed by atoms with Crippen molar-refractivity contribution < 1.29 is 91.7 Å². The number of aldehydes is 1. The van der Waals surface area contributed by atoms with E-state index in [0.717, 1.165) is 60.3 Å². The molecule has 0 aliphatic carbocycles. The van der Waals surface area contributed by atoms with Crippen molar-refractivity contribution in [1.29, 1.82) is 0 Å². The first-order valence-corrected chi connectivity index (χ1v) is 23.5. The number of ether oxygens (including phenoxy) is 4. The fraction of sp³-hybridized carbons (Fsp3) is 0.480. The summed E-state index contributed by atoms with van der Waals surface area (Å²) >= 11 is 0. The average Bonchev–Trinajstić information content (AvgIpc) is 4.22. The summed E-state index contributed by atoms with van der Waals surface area (Å²) in [7, 11) is 7.53. The van der Waals surface area contributed by atoms with Gasteiger partial charge in [-0.2, -0.15) is 9.97 Å².